The first kappa shape index (κ1) is 12.0. The molecule has 1 heterocycles. The maximum atomic E-state index is 10.8. The second kappa shape index (κ2) is 4.82. The van der Waals surface area contributed by atoms with Crippen molar-refractivity contribution in [2.24, 2.45) is 7.05 Å². The summed E-state index contributed by atoms with van der Waals surface area (Å²) in [5.41, 5.74) is 1.43. The van der Waals surface area contributed by atoms with Crippen LogP contribution in [0.4, 0.5) is 11.4 Å². The molecule has 0 spiro atoms. The van der Waals surface area contributed by atoms with Gasteiger partial charge in [-0.25, -0.2) is 4.98 Å². The lowest BCUT2D eigenvalue weighted by Gasteiger charge is -2.07. The Labute approximate surface area is 104 Å². The minimum atomic E-state index is -0.389. The molecular formula is C11H13N5O2. The van der Waals surface area contributed by atoms with Gasteiger partial charge in [0, 0.05) is 24.4 Å². The van der Waals surface area contributed by atoms with E-state index >= 15 is 0 Å². The minimum absolute atomic E-state index is 0.106. The van der Waals surface area contributed by atoms with E-state index in [1.807, 2.05) is 0 Å². The van der Waals surface area contributed by atoms with Gasteiger partial charge in [-0.1, -0.05) is 6.07 Å². The third-order valence-corrected chi connectivity index (χ3v) is 2.59. The van der Waals surface area contributed by atoms with E-state index in [-0.39, 0.29) is 10.6 Å². The number of nitrogens with zero attached hydrogens (tertiary/aromatic N) is 4. The molecule has 0 saturated heterocycles. The number of nitrogens with one attached hydrogen (secondary N) is 1. The summed E-state index contributed by atoms with van der Waals surface area (Å²) >= 11 is 0. The number of benzene rings is 1. The summed E-state index contributed by atoms with van der Waals surface area (Å²) in [6.45, 7) is 2.15. The van der Waals surface area contributed by atoms with Crippen LogP contribution < -0.4 is 5.32 Å². The molecule has 18 heavy (non-hydrogen) atoms. The van der Waals surface area contributed by atoms with Crippen LogP contribution in [0.25, 0.3) is 0 Å². The molecule has 1 aromatic heterocycles. The SMILES string of the molecule is Cc1c(NCc2ncn(C)n2)cccc1[N+](=O)[O-]. The van der Waals surface area contributed by atoms with Gasteiger partial charge in [-0.05, 0) is 13.0 Å². The topological polar surface area (TPSA) is 85.9 Å². The Kier molecular flexibility index (Phi) is 3.22. The van der Waals surface area contributed by atoms with E-state index in [1.165, 1.54) is 6.07 Å². The molecule has 1 N–H and O–H groups in total. The summed E-state index contributed by atoms with van der Waals surface area (Å²) in [4.78, 5) is 14.5. The first-order valence-corrected chi connectivity index (χ1v) is 5.40. The van der Waals surface area contributed by atoms with Gasteiger partial charge < -0.3 is 5.32 Å². The minimum Gasteiger partial charge on any atom is -0.377 e. The second-order valence-corrected chi connectivity index (χ2v) is 3.89. The van der Waals surface area contributed by atoms with Gasteiger partial charge >= 0.3 is 0 Å². The monoisotopic (exact) mass is 247 g/mol. The zero-order chi connectivity index (χ0) is 13.1. The van der Waals surface area contributed by atoms with Crippen molar-refractivity contribution >= 4 is 11.4 Å². The standard InChI is InChI=1S/C11H13N5O2/c1-8-9(4-3-5-10(8)16(17)18)12-6-11-13-7-15(2)14-11/h3-5,7,12H,6H2,1-2H3. The van der Waals surface area contributed by atoms with Crippen LogP contribution >= 0.6 is 0 Å². The lowest BCUT2D eigenvalue weighted by atomic mass is 10.1. The molecule has 0 bridgehead atoms. The summed E-state index contributed by atoms with van der Waals surface area (Å²) in [5.74, 6) is 0.642. The molecule has 2 aromatic rings. The van der Waals surface area contributed by atoms with Crippen molar-refractivity contribution in [3.63, 3.8) is 0 Å². The molecule has 2 rings (SSSR count). The normalized spacial score (nSPS) is 10.3. The van der Waals surface area contributed by atoms with Crippen molar-refractivity contribution in [3.05, 3.63) is 46.0 Å². The van der Waals surface area contributed by atoms with Gasteiger partial charge in [-0.2, -0.15) is 5.10 Å². The smallest absolute Gasteiger partial charge is 0.274 e. The summed E-state index contributed by atoms with van der Waals surface area (Å²) < 4.78 is 1.61. The third kappa shape index (κ3) is 2.45. The Morgan fingerprint density at radius 3 is 2.89 bits per heavy atom. The molecule has 0 atom stereocenters. The van der Waals surface area contributed by atoms with Gasteiger partial charge in [0.1, 0.15) is 6.33 Å². The van der Waals surface area contributed by atoms with Gasteiger partial charge in [-0.15, -0.1) is 0 Å². The quantitative estimate of drug-likeness (QED) is 0.655. The van der Waals surface area contributed by atoms with Crippen LogP contribution in [-0.2, 0) is 13.6 Å². The lowest BCUT2D eigenvalue weighted by Crippen LogP contribution is -2.04. The van der Waals surface area contributed by atoms with Crippen LogP contribution in [0.1, 0.15) is 11.4 Å². The van der Waals surface area contributed by atoms with Crippen molar-refractivity contribution in [2.45, 2.75) is 13.5 Å². The average molecular weight is 247 g/mol. The molecule has 0 radical (unpaired) electrons. The number of nitro groups is 1. The first-order chi connectivity index (χ1) is 8.58. The summed E-state index contributed by atoms with van der Waals surface area (Å²) in [5, 5.41) is 18.0. The molecule has 0 fully saturated rings. The van der Waals surface area contributed by atoms with Crippen molar-refractivity contribution in [1.29, 1.82) is 0 Å². The Hall–Kier alpha value is -2.44. The van der Waals surface area contributed by atoms with Crippen molar-refractivity contribution in [1.82, 2.24) is 14.8 Å². The summed E-state index contributed by atoms with van der Waals surface area (Å²) in [7, 11) is 1.79. The van der Waals surface area contributed by atoms with E-state index in [0.29, 0.717) is 17.9 Å². The molecule has 1 aromatic carbocycles. The van der Waals surface area contributed by atoms with Crippen molar-refractivity contribution < 1.29 is 4.92 Å². The molecular weight excluding hydrogens is 234 g/mol. The average Bonchev–Trinajstić information content (AvgIpc) is 2.73. The Bertz CT molecular complexity index is 579. The zero-order valence-electron chi connectivity index (χ0n) is 10.1. The molecule has 0 aliphatic heterocycles. The number of rotatable bonds is 4. The highest BCUT2D eigenvalue weighted by Crippen LogP contribution is 2.25. The molecule has 7 heteroatoms. The van der Waals surface area contributed by atoms with Crippen LogP contribution in [0.2, 0.25) is 0 Å². The van der Waals surface area contributed by atoms with E-state index in [4.69, 9.17) is 0 Å². The fourth-order valence-electron chi connectivity index (χ4n) is 1.65. The van der Waals surface area contributed by atoms with Crippen LogP contribution in [0.5, 0.6) is 0 Å². The van der Waals surface area contributed by atoms with E-state index < -0.39 is 0 Å². The molecule has 7 nitrogen and oxygen atoms in total. The predicted molar refractivity (Wildman–Crippen MR) is 66.2 cm³/mol. The number of anilines is 1. The van der Waals surface area contributed by atoms with E-state index in [0.717, 1.165) is 5.69 Å². The van der Waals surface area contributed by atoms with Crippen LogP contribution in [-0.4, -0.2) is 19.7 Å². The van der Waals surface area contributed by atoms with Crippen LogP contribution in [0.15, 0.2) is 24.5 Å². The molecule has 0 aliphatic carbocycles. The number of hydrogen-bond acceptors (Lipinski definition) is 5. The molecule has 94 valence electrons. The third-order valence-electron chi connectivity index (χ3n) is 2.59. The van der Waals surface area contributed by atoms with Crippen LogP contribution in [0.3, 0.4) is 0 Å². The number of aromatic nitrogens is 3. The fourth-order valence-corrected chi connectivity index (χ4v) is 1.65. The first-order valence-electron chi connectivity index (χ1n) is 5.40. The summed E-state index contributed by atoms with van der Waals surface area (Å²) in [6, 6.07) is 4.93. The van der Waals surface area contributed by atoms with Gasteiger partial charge in [0.2, 0.25) is 0 Å². The van der Waals surface area contributed by atoms with Crippen molar-refractivity contribution in [3.8, 4) is 0 Å². The predicted octanol–water partition coefficient (Wildman–Crippen LogP) is 1.64. The molecule has 0 aliphatic rings. The molecule has 0 saturated carbocycles. The van der Waals surface area contributed by atoms with E-state index in [2.05, 4.69) is 15.4 Å². The maximum absolute atomic E-state index is 10.8. The lowest BCUT2D eigenvalue weighted by molar-refractivity contribution is -0.385. The van der Waals surface area contributed by atoms with Crippen molar-refractivity contribution in [2.75, 3.05) is 5.32 Å². The Balaban J connectivity index is 2.14. The number of aryl methyl sites for hydroxylation is 1. The largest absolute Gasteiger partial charge is 0.377 e. The van der Waals surface area contributed by atoms with Gasteiger partial charge in [0.15, 0.2) is 5.82 Å². The van der Waals surface area contributed by atoms with E-state index in [9.17, 15) is 10.1 Å². The highest BCUT2D eigenvalue weighted by Gasteiger charge is 2.13. The van der Waals surface area contributed by atoms with Gasteiger partial charge in [0.25, 0.3) is 5.69 Å². The van der Waals surface area contributed by atoms with Gasteiger partial charge in [0.05, 0.1) is 11.5 Å². The summed E-state index contributed by atoms with van der Waals surface area (Å²) in [6.07, 6.45) is 1.61. The maximum Gasteiger partial charge on any atom is 0.274 e. The van der Waals surface area contributed by atoms with Gasteiger partial charge in [-0.3, -0.25) is 14.8 Å². The fraction of sp³-hybridized carbons (Fsp3) is 0.273. The Morgan fingerprint density at radius 2 is 2.28 bits per heavy atom. The molecule has 0 amide bonds. The second-order valence-electron chi connectivity index (χ2n) is 3.89. The number of hydrogen-bond donors (Lipinski definition) is 1. The van der Waals surface area contributed by atoms with E-state index in [1.54, 1.807) is 37.1 Å². The zero-order valence-corrected chi connectivity index (χ0v) is 10.1. The van der Waals surface area contributed by atoms with Crippen LogP contribution in [0, 0.1) is 17.0 Å². The number of nitro benzene ring substituents is 1. The molecule has 0 unspecified atom stereocenters. The highest BCUT2D eigenvalue weighted by molar-refractivity contribution is 5.59. The Morgan fingerprint density at radius 1 is 1.50 bits per heavy atom. The highest BCUT2D eigenvalue weighted by atomic mass is 16.6.